The molecule has 4 aromatic heterocycles. The van der Waals surface area contributed by atoms with Crippen LogP contribution in [0, 0.1) is 5.82 Å². The molecular weight excluding hydrogens is 677 g/mol. The van der Waals surface area contributed by atoms with Crippen LogP contribution in [0.5, 0.6) is 11.6 Å². The highest BCUT2D eigenvalue weighted by Gasteiger charge is 2.25. The van der Waals surface area contributed by atoms with Crippen molar-refractivity contribution in [2.45, 2.75) is 6.54 Å². The molecule has 1 amide bonds. The highest BCUT2D eigenvalue weighted by Crippen LogP contribution is 2.44. The molecule has 1 N–H and O–H groups in total. The van der Waals surface area contributed by atoms with Crippen LogP contribution < -0.4 is 15.6 Å². The minimum absolute atomic E-state index is 0.0648. The van der Waals surface area contributed by atoms with Crippen molar-refractivity contribution < 1.29 is 18.3 Å². The van der Waals surface area contributed by atoms with Gasteiger partial charge in [0.1, 0.15) is 34.6 Å². The monoisotopic (exact) mass is 713 g/mol. The number of carbonyl (C=O) groups excluding carboxylic acids is 1. The fraction of sp³-hybridized carbons (Fsp3) is 0.205. The lowest BCUT2D eigenvalue weighted by Crippen LogP contribution is -2.43. The summed E-state index contributed by atoms with van der Waals surface area (Å²) in [5.74, 6) is 0.356. The Kier molecular flexibility index (Phi) is 8.90. The number of nitrogens with one attached hydrogen (secondary N) is 1. The molecule has 0 radical (unpaired) electrons. The zero-order chi connectivity index (χ0) is 36.6. The fourth-order valence-corrected chi connectivity index (χ4v) is 6.60. The lowest BCUT2D eigenvalue weighted by atomic mass is 9.98. The van der Waals surface area contributed by atoms with E-state index in [0.29, 0.717) is 39.9 Å². The Balaban J connectivity index is 1.08. The zero-order valence-corrected chi connectivity index (χ0v) is 29.4. The normalized spacial score (nSPS) is 13.8. The molecular formula is C39H36FN9O4. The molecule has 5 heterocycles. The number of nitrogens with zero attached hydrogens (tertiary/aromatic N) is 8. The van der Waals surface area contributed by atoms with Gasteiger partial charge in [0.25, 0.3) is 11.5 Å². The van der Waals surface area contributed by atoms with E-state index in [2.05, 4.69) is 55.4 Å². The summed E-state index contributed by atoms with van der Waals surface area (Å²) >= 11 is 0. The predicted octanol–water partition coefficient (Wildman–Crippen LogP) is 5.71. The number of anilines is 1. The van der Waals surface area contributed by atoms with E-state index in [-0.39, 0.29) is 5.56 Å². The van der Waals surface area contributed by atoms with Crippen molar-refractivity contribution in [3.8, 4) is 39.8 Å². The molecule has 1 fully saturated rings. The number of hydrogen-bond donors (Lipinski definition) is 1. The average molecular weight is 714 g/mol. The summed E-state index contributed by atoms with van der Waals surface area (Å²) in [5.41, 5.74) is 4.36. The van der Waals surface area contributed by atoms with Crippen molar-refractivity contribution in [2.75, 3.05) is 38.5 Å². The van der Waals surface area contributed by atoms with Gasteiger partial charge in [-0.3, -0.25) is 23.9 Å². The standard InChI is InChI=1S/C39H36FN9O4/c1-45-15-17-48(18-16-45)21-25-5-4-6-26(19-25)33-34-37(41-24-42-38(34)53-35(33)27-20-43-46(2)22-27)52-31-13-9-29(10-14-31)44-36(50)32-23-47(3)49(39(32)51)30-11-7-28(40)8-12-30/h4-14,19-20,22-24H,15-18,21H2,1-3H3,(H,44,50). The lowest BCUT2D eigenvalue weighted by molar-refractivity contribution is 0.102. The Bertz CT molecular complexity index is 2490. The maximum Gasteiger partial charge on any atom is 0.284 e. The Morgan fingerprint density at radius 1 is 0.925 bits per heavy atom. The Labute approximate surface area is 303 Å². The zero-order valence-electron chi connectivity index (χ0n) is 29.4. The number of rotatable bonds is 9. The van der Waals surface area contributed by atoms with Crippen molar-refractivity contribution in [1.82, 2.24) is 38.9 Å². The van der Waals surface area contributed by atoms with Crippen molar-refractivity contribution in [2.24, 2.45) is 14.1 Å². The number of piperazine rings is 1. The van der Waals surface area contributed by atoms with Crippen molar-refractivity contribution >= 4 is 22.7 Å². The van der Waals surface area contributed by atoms with Gasteiger partial charge in [-0.15, -0.1) is 0 Å². The number of fused-ring (bicyclic) bond motifs is 1. The molecule has 1 aliphatic heterocycles. The first-order chi connectivity index (χ1) is 25.7. The number of aryl methyl sites for hydroxylation is 2. The highest BCUT2D eigenvalue weighted by atomic mass is 19.1. The first-order valence-electron chi connectivity index (χ1n) is 17.1. The number of ether oxygens (including phenoxy) is 1. The van der Waals surface area contributed by atoms with E-state index in [9.17, 15) is 14.0 Å². The summed E-state index contributed by atoms with van der Waals surface area (Å²) in [6, 6.07) is 20.6. The van der Waals surface area contributed by atoms with Crippen LogP contribution in [0.2, 0.25) is 0 Å². The molecule has 8 rings (SSSR count). The van der Waals surface area contributed by atoms with Gasteiger partial charge in [0.2, 0.25) is 11.6 Å². The third-order valence-electron chi connectivity index (χ3n) is 9.34. The van der Waals surface area contributed by atoms with Gasteiger partial charge in [-0.25, -0.2) is 19.0 Å². The van der Waals surface area contributed by atoms with E-state index in [1.807, 2.05) is 19.3 Å². The van der Waals surface area contributed by atoms with Gasteiger partial charge in [0, 0.05) is 70.5 Å². The van der Waals surface area contributed by atoms with Crippen LogP contribution in [0.15, 0.2) is 107 Å². The second-order valence-corrected chi connectivity index (χ2v) is 13.1. The molecule has 268 valence electrons. The second kappa shape index (κ2) is 14.0. The molecule has 3 aromatic carbocycles. The second-order valence-electron chi connectivity index (χ2n) is 13.1. The average Bonchev–Trinajstić information content (AvgIpc) is 3.85. The van der Waals surface area contributed by atoms with Gasteiger partial charge >= 0.3 is 0 Å². The summed E-state index contributed by atoms with van der Waals surface area (Å²) in [6.07, 6.45) is 6.48. The number of furan rings is 1. The molecule has 0 saturated carbocycles. The summed E-state index contributed by atoms with van der Waals surface area (Å²) < 4.78 is 30.7. The summed E-state index contributed by atoms with van der Waals surface area (Å²) in [5, 5.41) is 7.77. The highest BCUT2D eigenvalue weighted by molar-refractivity contribution is 6.04. The van der Waals surface area contributed by atoms with Gasteiger partial charge < -0.3 is 19.4 Å². The first-order valence-corrected chi connectivity index (χ1v) is 17.1. The van der Waals surface area contributed by atoms with Crippen LogP contribution in [0.3, 0.4) is 0 Å². The van der Waals surface area contributed by atoms with Gasteiger partial charge in [-0.2, -0.15) is 5.10 Å². The summed E-state index contributed by atoms with van der Waals surface area (Å²) in [7, 11) is 5.64. The van der Waals surface area contributed by atoms with Crippen LogP contribution in [-0.4, -0.2) is 78.0 Å². The van der Waals surface area contributed by atoms with Crippen molar-refractivity contribution in [3.63, 3.8) is 0 Å². The lowest BCUT2D eigenvalue weighted by Gasteiger charge is -2.32. The molecule has 0 unspecified atom stereocenters. The maximum atomic E-state index is 13.5. The van der Waals surface area contributed by atoms with Gasteiger partial charge in [0.15, 0.2) is 0 Å². The Hall–Kier alpha value is -6.38. The number of likely N-dealkylation sites (N-methyl/N-ethyl adjacent to an activating group) is 1. The molecule has 1 aliphatic rings. The predicted molar refractivity (Wildman–Crippen MR) is 198 cm³/mol. The van der Waals surface area contributed by atoms with Crippen molar-refractivity contribution in [1.29, 1.82) is 0 Å². The molecule has 1 saturated heterocycles. The molecule has 0 spiro atoms. The molecule has 0 bridgehead atoms. The van der Waals surface area contributed by atoms with Crippen LogP contribution in [0.1, 0.15) is 15.9 Å². The minimum atomic E-state index is -0.585. The number of halogens is 1. The number of hydrogen-bond acceptors (Lipinski definition) is 9. The van der Waals surface area contributed by atoms with Gasteiger partial charge in [0.05, 0.1) is 17.4 Å². The molecule has 0 atom stereocenters. The van der Waals surface area contributed by atoms with E-state index >= 15 is 0 Å². The SMILES string of the molecule is CN1CCN(Cc2cccc(-c3c(-c4cnn(C)c4)oc4ncnc(Oc5ccc(NC(=O)c6cn(C)n(-c7ccc(F)cc7)c6=O)cc5)c34)c2)CC1. The molecule has 14 heteroatoms. The van der Waals surface area contributed by atoms with Gasteiger partial charge in [-0.1, -0.05) is 18.2 Å². The molecule has 0 aliphatic carbocycles. The Morgan fingerprint density at radius 2 is 1.70 bits per heavy atom. The number of carbonyl (C=O) groups is 1. The largest absolute Gasteiger partial charge is 0.438 e. The van der Waals surface area contributed by atoms with Crippen LogP contribution >= 0.6 is 0 Å². The summed E-state index contributed by atoms with van der Waals surface area (Å²) in [6.45, 7) is 4.92. The first kappa shape index (κ1) is 33.7. The smallest absolute Gasteiger partial charge is 0.284 e. The molecule has 7 aromatic rings. The van der Waals surface area contributed by atoms with E-state index in [4.69, 9.17) is 9.15 Å². The van der Waals surface area contributed by atoms with Crippen LogP contribution in [-0.2, 0) is 20.6 Å². The van der Waals surface area contributed by atoms with Crippen LogP contribution in [0.4, 0.5) is 10.1 Å². The number of aromatic nitrogens is 6. The number of amides is 1. The molecule has 53 heavy (non-hydrogen) atoms. The minimum Gasteiger partial charge on any atom is -0.438 e. The van der Waals surface area contributed by atoms with E-state index < -0.39 is 17.3 Å². The molecule has 13 nitrogen and oxygen atoms in total. The van der Waals surface area contributed by atoms with Crippen LogP contribution in [0.25, 0.3) is 39.2 Å². The van der Waals surface area contributed by atoms with E-state index in [1.165, 1.54) is 51.7 Å². The quantitative estimate of drug-likeness (QED) is 0.200. The number of benzene rings is 3. The third-order valence-corrected chi connectivity index (χ3v) is 9.34. The Morgan fingerprint density at radius 3 is 2.43 bits per heavy atom. The maximum absolute atomic E-state index is 13.5. The van der Waals surface area contributed by atoms with E-state index in [1.54, 1.807) is 42.2 Å². The third kappa shape index (κ3) is 6.84. The van der Waals surface area contributed by atoms with Crippen molar-refractivity contribution in [3.05, 3.63) is 125 Å². The fourth-order valence-electron chi connectivity index (χ4n) is 6.60. The topological polar surface area (TPSA) is 128 Å². The van der Waals surface area contributed by atoms with E-state index in [0.717, 1.165) is 49.4 Å². The summed E-state index contributed by atoms with van der Waals surface area (Å²) in [4.78, 5) is 40.1. The van der Waals surface area contributed by atoms with Gasteiger partial charge in [-0.05, 0) is 72.8 Å².